The van der Waals surface area contributed by atoms with Crippen LogP contribution in [0.2, 0.25) is 0 Å². The van der Waals surface area contributed by atoms with E-state index in [1.807, 2.05) is 31.2 Å². The Morgan fingerprint density at radius 3 is 2.83 bits per heavy atom. The number of aliphatic hydroxyl groups excluding tert-OH is 1. The van der Waals surface area contributed by atoms with Gasteiger partial charge in [0.2, 0.25) is 5.91 Å². The molecule has 1 fully saturated rings. The molecule has 0 aliphatic carbocycles. The molecule has 0 aromatic heterocycles. The van der Waals surface area contributed by atoms with Crippen molar-refractivity contribution in [3.8, 4) is 0 Å². The fourth-order valence-electron chi connectivity index (χ4n) is 2.75. The first-order valence-corrected chi connectivity index (χ1v) is 8.50. The zero-order chi connectivity index (χ0) is 17.4. The number of carbonyl (C=O) groups is 2. The van der Waals surface area contributed by atoms with Gasteiger partial charge < -0.3 is 20.1 Å². The van der Waals surface area contributed by atoms with E-state index < -0.39 is 6.10 Å². The van der Waals surface area contributed by atoms with Gasteiger partial charge in [0.15, 0.2) is 0 Å². The molecule has 1 aliphatic heterocycles. The molecule has 132 valence electrons. The van der Waals surface area contributed by atoms with Crippen molar-refractivity contribution in [2.24, 2.45) is 0 Å². The zero-order valence-electron chi connectivity index (χ0n) is 14.2. The number of benzene rings is 1. The van der Waals surface area contributed by atoms with Crippen molar-refractivity contribution in [3.63, 3.8) is 0 Å². The number of likely N-dealkylation sites (tertiary alicyclic amines) is 1. The van der Waals surface area contributed by atoms with Gasteiger partial charge in [-0.1, -0.05) is 24.3 Å². The molecule has 0 bridgehead atoms. The van der Waals surface area contributed by atoms with Crippen LogP contribution in [-0.4, -0.2) is 47.6 Å². The van der Waals surface area contributed by atoms with Gasteiger partial charge in [0.1, 0.15) is 6.10 Å². The lowest BCUT2D eigenvalue weighted by molar-refractivity contribution is -0.142. The highest BCUT2D eigenvalue weighted by Gasteiger charge is 2.26. The Kier molecular flexibility index (Phi) is 7.21. The average molecular weight is 334 g/mol. The Hall–Kier alpha value is -1.92. The number of amides is 2. The highest BCUT2D eigenvalue weighted by molar-refractivity contribution is 5.87. The summed E-state index contributed by atoms with van der Waals surface area (Å²) in [5.41, 5.74) is 2.04. The minimum atomic E-state index is -0.979. The van der Waals surface area contributed by atoms with Crippen LogP contribution in [0.15, 0.2) is 24.3 Å². The Morgan fingerprint density at radius 1 is 1.33 bits per heavy atom. The molecule has 2 amide bonds. The lowest BCUT2D eigenvalue weighted by atomic mass is 10.1. The normalized spacial score (nSPS) is 18.3. The van der Waals surface area contributed by atoms with Gasteiger partial charge >= 0.3 is 0 Å². The van der Waals surface area contributed by atoms with Gasteiger partial charge in [-0.15, -0.1) is 0 Å². The molecule has 6 nitrogen and oxygen atoms in total. The minimum Gasteiger partial charge on any atom is -0.383 e. The molecule has 24 heavy (non-hydrogen) atoms. The molecule has 2 N–H and O–H groups in total. The summed E-state index contributed by atoms with van der Waals surface area (Å²) in [5.74, 6) is -0.567. The topological polar surface area (TPSA) is 78.9 Å². The van der Waals surface area contributed by atoms with Crippen LogP contribution >= 0.6 is 0 Å². The minimum absolute atomic E-state index is 0.0104. The summed E-state index contributed by atoms with van der Waals surface area (Å²) in [4.78, 5) is 25.6. The molecule has 6 heteroatoms. The maximum Gasteiger partial charge on any atom is 0.251 e. The predicted molar refractivity (Wildman–Crippen MR) is 90.1 cm³/mol. The van der Waals surface area contributed by atoms with E-state index in [4.69, 9.17) is 4.74 Å². The van der Waals surface area contributed by atoms with E-state index in [0.717, 1.165) is 24.0 Å². The Balaban J connectivity index is 1.88. The molecule has 2 rings (SSSR count). The first-order valence-electron chi connectivity index (χ1n) is 8.50. The third kappa shape index (κ3) is 5.32. The van der Waals surface area contributed by atoms with Crippen molar-refractivity contribution >= 4 is 11.8 Å². The Labute approximate surface area is 142 Å². The van der Waals surface area contributed by atoms with E-state index in [1.54, 1.807) is 0 Å². The standard InChI is InChI=1S/C18H26N2O4/c1-2-24-13-15-8-4-3-7-14(15)11-19-17(22)12-20-10-6-5-9-16(21)18(20)23/h3-4,7-8,16,21H,2,5-6,9-13H2,1H3,(H,19,22). The van der Waals surface area contributed by atoms with Crippen LogP contribution in [-0.2, 0) is 27.5 Å². The van der Waals surface area contributed by atoms with Crippen molar-refractivity contribution in [3.05, 3.63) is 35.4 Å². The fourth-order valence-corrected chi connectivity index (χ4v) is 2.75. The number of hydrogen-bond donors (Lipinski definition) is 2. The van der Waals surface area contributed by atoms with Crippen LogP contribution in [0, 0.1) is 0 Å². The second-order valence-corrected chi connectivity index (χ2v) is 5.95. The molecule has 1 atom stereocenters. The molecular formula is C18H26N2O4. The molecular weight excluding hydrogens is 308 g/mol. The monoisotopic (exact) mass is 334 g/mol. The van der Waals surface area contributed by atoms with Crippen LogP contribution in [0.3, 0.4) is 0 Å². The lowest BCUT2D eigenvalue weighted by Crippen LogP contribution is -2.44. The summed E-state index contributed by atoms with van der Waals surface area (Å²) in [6.07, 6.45) is 1.11. The van der Waals surface area contributed by atoms with Crippen molar-refractivity contribution in [2.75, 3.05) is 19.7 Å². The van der Waals surface area contributed by atoms with E-state index >= 15 is 0 Å². The molecule has 0 radical (unpaired) electrons. The first-order chi connectivity index (χ1) is 11.6. The van der Waals surface area contributed by atoms with Gasteiger partial charge in [-0.25, -0.2) is 0 Å². The van der Waals surface area contributed by atoms with Gasteiger partial charge in [0.05, 0.1) is 13.2 Å². The number of carbonyl (C=O) groups excluding carboxylic acids is 2. The van der Waals surface area contributed by atoms with E-state index in [9.17, 15) is 14.7 Å². The summed E-state index contributed by atoms with van der Waals surface area (Å²) < 4.78 is 5.43. The Morgan fingerprint density at radius 2 is 2.08 bits per heavy atom. The van der Waals surface area contributed by atoms with Crippen molar-refractivity contribution in [2.45, 2.75) is 45.4 Å². The molecule has 1 unspecified atom stereocenters. The number of hydrogen-bond acceptors (Lipinski definition) is 4. The SMILES string of the molecule is CCOCc1ccccc1CNC(=O)CN1CCCCC(O)C1=O. The largest absolute Gasteiger partial charge is 0.383 e. The molecule has 1 saturated heterocycles. The molecule has 0 spiro atoms. The van der Waals surface area contributed by atoms with Gasteiger partial charge in [0, 0.05) is 19.7 Å². The van der Waals surface area contributed by atoms with Crippen LogP contribution in [0.4, 0.5) is 0 Å². The quantitative estimate of drug-likeness (QED) is 0.786. The number of nitrogens with zero attached hydrogens (tertiary/aromatic N) is 1. The second-order valence-electron chi connectivity index (χ2n) is 5.95. The summed E-state index contributed by atoms with van der Waals surface area (Å²) in [6.45, 7) is 4.00. The predicted octanol–water partition coefficient (Wildman–Crippen LogP) is 1.21. The van der Waals surface area contributed by atoms with Gasteiger partial charge in [-0.05, 0) is 37.3 Å². The molecule has 0 saturated carbocycles. The number of nitrogens with one attached hydrogen (secondary N) is 1. The van der Waals surface area contributed by atoms with Gasteiger partial charge in [-0.3, -0.25) is 9.59 Å². The highest BCUT2D eigenvalue weighted by atomic mass is 16.5. The van der Waals surface area contributed by atoms with Crippen molar-refractivity contribution < 1.29 is 19.4 Å². The smallest absolute Gasteiger partial charge is 0.251 e. The Bertz CT molecular complexity index is 562. The van der Waals surface area contributed by atoms with Crippen LogP contribution in [0.1, 0.15) is 37.3 Å². The molecule has 1 heterocycles. The van der Waals surface area contributed by atoms with Gasteiger partial charge in [0.25, 0.3) is 5.91 Å². The third-order valence-electron chi connectivity index (χ3n) is 4.14. The van der Waals surface area contributed by atoms with E-state index in [0.29, 0.717) is 32.7 Å². The summed E-state index contributed by atoms with van der Waals surface area (Å²) in [5, 5.41) is 12.6. The van der Waals surface area contributed by atoms with E-state index in [2.05, 4.69) is 5.32 Å². The van der Waals surface area contributed by atoms with Crippen molar-refractivity contribution in [1.82, 2.24) is 10.2 Å². The second kappa shape index (κ2) is 9.39. The summed E-state index contributed by atoms with van der Waals surface area (Å²) in [6, 6.07) is 7.80. The summed E-state index contributed by atoms with van der Waals surface area (Å²) in [7, 11) is 0. The van der Waals surface area contributed by atoms with Crippen molar-refractivity contribution in [1.29, 1.82) is 0 Å². The maximum absolute atomic E-state index is 12.2. The first kappa shape index (κ1) is 18.4. The zero-order valence-corrected chi connectivity index (χ0v) is 14.2. The van der Waals surface area contributed by atoms with Crippen LogP contribution in [0.25, 0.3) is 0 Å². The molecule has 1 aromatic carbocycles. The summed E-state index contributed by atoms with van der Waals surface area (Å²) >= 11 is 0. The van der Waals surface area contributed by atoms with E-state index in [-0.39, 0.29) is 18.4 Å². The number of aliphatic hydroxyl groups is 1. The highest BCUT2D eigenvalue weighted by Crippen LogP contribution is 2.12. The van der Waals surface area contributed by atoms with Crippen LogP contribution in [0.5, 0.6) is 0 Å². The van der Waals surface area contributed by atoms with E-state index in [1.165, 1.54) is 4.90 Å². The lowest BCUT2D eigenvalue weighted by Gasteiger charge is -2.21. The average Bonchev–Trinajstić information content (AvgIpc) is 2.74. The van der Waals surface area contributed by atoms with Gasteiger partial charge in [-0.2, -0.15) is 0 Å². The molecule has 1 aromatic rings. The third-order valence-corrected chi connectivity index (χ3v) is 4.14. The molecule has 1 aliphatic rings. The number of rotatable bonds is 7. The number of ether oxygens (including phenoxy) is 1. The fraction of sp³-hybridized carbons (Fsp3) is 0.556. The maximum atomic E-state index is 12.2. The van der Waals surface area contributed by atoms with Crippen LogP contribution < -0.4 is 5.32 Å².